The fourth-order valence-corrected chi connectivity index (χ4v) is 6.03. The lowest BCUT2D eigenvalue weighted by Crippen LogP contribution is -2.41. The number of nitrogens with zero attached hydrogens (tertiary/aromatic N) is 2. The van der Waals surface area contributed by atoms with Crippen LogP contribution in [0.15, 0.2) is 5.10 Å². The predicted octanol–water partition coefficient (Wildman–Crippen LogP) is 2.88. The van der Waals surface area contributed by atoms with E-state index in [9.17, 15) is 9.36 Å². The molecule has 0 radical (unpaired) electrons. The zero-order valence-electron chi connectivity index (χ0n) is 12.0. The Balaban J connectivity index is 5.38. The zero-order valence-corrected chi connectivity index (χ0v) is 13.9. The largest absolute Gasteiger partial charge is 0.442 e. The molecule has 0 aromatic carbocycles. The van der Waals surface area contributed by atoms with E-state index in [4.69, 9.17) is 9.05 Å². The molecule has 0 fully saturated rings. The van der Waals surface area contributed by atoms with Gasteiger partial charge in [-0.05, 0) is 33.5 Å². The lowest BCUT2D eigenvalue weighted by atomic mass is 10.5. The summed E-state index contributed by atoms with van der Waals surface area (Å²) in [5.41, 5.74) is 0. The number of ketones is 1. The summed E-state index contributed by atoms with van der Waals surface area (Å²) in [4.78, 5) is 11.0. The van der Waals surface area contributed by atoms with E-state index in [0.717, 1.165) is 6.21 Å². The van der Waals surface area contributed by atoms with Crippen molar-refractivity contribution in [1.82, 2.24) is 4.44 Å². The second-order valence-electron chi connectivity index (χ2n) is 4.62. The Kier molecular flexibility index (Phi) is 6.99. The van der Waals surface area contributed by atoms with Crippen LogP contribution >= 0.6 is 7.75 Å². The van der Waals surface area contributed by atoms with Crippen LogP contribution in [0.1, 0.15) is 20.8 Å². The minimum Gasteiger partial charge on any atom is -0.293 e. The maximum atomic E-state index is 12.7. The van der Waals surface area contributed by atoms with Crippen molar-refractivity contribution < 1.29 is 18.4 Å². The van der Waals surface area contributed by atoms with Crippen molar-refractivity contribution in [3.8, 4) is 0 Å². The van der Waals surface area contributed by atoms with Gasteiger partial charge in [0.25, 0.3) is 0 Å². The molecule has 0 rings (SSSR count). The molecule has 18 heavy (non-hydrogen) atoms. The number of carbonyl (C=O) groups excluding carboxylic acids is 1. The highest BCUT2D eigenvalue weighted by atomic mass is 31.2. The van der Waals surface area contributed by atoms with Gasteiger partial charge in [-0.2, -0.15) is 5.10 Å². The van der Waals surface area contributed by atoms with Crippen molar-refractivity contribution in [2.24, 2.45) is 5.10 Å². The van der Waals surface area contributed by atoms with E-state index in [2.05, 4.69) is 5.10 Å². The summed E-state index contributed by atoms with van der Waals surface area (Å²) >= 11 is 0. The average molecular weight is 294 g/mol. The van der Waals surface area contributed by atoms with E-state index < -0.39 is 16.0 Å². The van der Waals surface area contributed by atoms with Gasteiger partial charge in [0.1, 0.15) is 0 Å². The van der Waals surface area contributed by atoms with Gasteiger partial charge < -0.3 is 0 Å². The van der Waals surface area contributed by atoms with Gasteiger partial charge in [0.05, 0.1) is 19.4 Å². The van der Waals surface area contributed by atoms with Gasteiger partial charge in [0, 0.05) is 6.92 Å². The molecule has 0 saturated carbocycles. The van der Waals surface area contributed by atoms with Gasteiger partial charge >= 0.3 is 7.75 Å². The molecular formula is C10H23N2O4PSi. The van der Waals surface area contributed by atoms with E-state index in [-0.39, 0.29) is 19.0 Å². The Morgan fingerprint density at radius 2 is 1.72 bits per heavy atom. The number of rotatable bonds is 8. The van der Waals surface area contributed by atoms with Crippen molar-refractivity contribution in [1.29, 1.82) is 0 Å². The average Bonchev–Trinajstić information content (AvgIpc) is 2.15. The predicted molar refractivity (Wildman–Crippen MR) is 75.2 cm³/mol. The van der Waals surface area contributed by atoms with E-state index in [1.807, 2.05) is 19.6 Å². The fourth-order valence-electron chi connectivity index (χ4n) is 1.21. The fraction of sp³-hybridized carbons (Fsp3) is 0.800. The Labute approximate surface area is 110 Å². The Morgan fingerprint density at radius 1 is 1.28 bits per heavy atom. The van der Waals surface area contributed by atoms with E-state index in [1.165, 1.54) is 11.4 Å². The molecule has 8 heteroatoms. The van der Waals surface area contributed by atoms with Crippen LogP contribution in [0.5, 0.6) is 0 Å². The number of Topliss-reactive ketones (excluding diaryl/α,β-unsaturated/α-hetero) is 1. The molecule has 0 N–H and O–H groups in total. The number of hydrogen-bond donors (Lipinski definition) is 0. The minimum absolute atomic E-state index is 0.210. The summed E-state index contributed by atoms with van der Waals surface area (Å²) < 4.78 is 24.6. The SMILES string of the molecule is CCOP(=O)(OCC)N(/N=C/C(C)=O)[Si](C)(C)C. The number of hydrogen-bond acceptors (Lipinski definition) is 5. The summed E-state index contributed by atoms with van der Waals surface area (Å²) in [6.45, 7) is 11.2. The molecule has 0 atom stereocenters. The van der Waals surface area contributed by atoms with Crippen LogP contribution in [0, 0.1) is 0 Å². The minimum atomic E-state index is -3.46. The molecule has 0 spiro atoms. The smallest absolute Gasteiger partial charge is 0.293 e. The van der Waals surface area contributed by atoms with Crippen molar-refractivity contribution in [2.45, 2.75) is 40.4 Å². The molecule has 0 bridgehead atoms. The van der Waals surface area contributed by atoms with E-state index in [1.54, 1.807) is 13.8 Å². The molecular weight excluding hydrogens is 271 g/mol. The van der Waals surface area contributed by atoms with Crippen LogP contribution in [-0.4, -0.2) is 37.9 Å². The molecule has 0 amide bonds. The number of carbonyl (C=O) groups is 1. The van der Waals surface area contributed by atoms with E-state index in [0.29, 0.717) is 0 Å². The topological polar surface area (TPSA) is 68.2 Å². The van der Waals surface area contributed by atoms with Gasteiger partial charge in [-0.1, -0.05) is 0 Å². The highest BCUT2D eigenvalue weighted by molar-refractivity contribution is 7.53. The van der Waals surface area contributed by atoms with Crippen LogP contribution in [-0.2, 0) is 18.4 Å². The third kappa shape index (κ3) is 5.43. The summed E-state index contributed by atoms with van der Waals surface area (Å²) in [7, 11) is -5.56. The van der Waals surface area contributed by atoms with Crippen LogP contribution in [0.3, 0.4) is 0 Å². The molecule has 0 heterocycles. The molecule has 0 aliphatic heterocycles. The first-order valence-corrected chi connectivity index (χ1v) is 10.9. The van der Waals surface area contributed by atoms with Gasteiger partial charge in [-0.25, -0.2) is 9.01 Å². The third-order valence-corrected chi connectivity index (χ3v) is 7.35. The first kappa shape index (κ1) is 17.5. The van der Waals surface area contributed by atoms with Crippen LogP contribution in [0.25, 0.3) is 0 Å². The van der Waals surface area contributed by atoms with Crippen LogP contribution in [0.4, 0.5) is 0 Å². The summed E-state index contributed by atoms with van der Waals surface area (Å²) in [6.07, 6.45) is 1.14. The quantitative estimate of drug-likeness (QED) is 0.298. The highest BCUT2D eigenvalue weighted by Crippen LogP contribution is 2.54. The van der Waals surface area contributed by atoms with Crippen LogP contribution in [0.2, 0.25) is 19.6 Å². The van der Waals surface area contributed by atoms with E-state index >= 15 is 0 Å². The second-order valence-corrected chi connectivity index (χ2v) is 11.6. The van der Waals surface area contributed by atoms with Gasteiger partial charge in [-0.15, -0.1) is 0 Å². The van der Waals surface area contributed by atoms with Crippen molar-refractivity contribution in [3.63, 3.8) is 0 Å². The lowest BCUT2D eigenvalue weighted by molar-refractivity contribution is -0.110. The summed E-state index contributed by atoms with van der Waals surface area (Å²) in [5, 5.41) is 4.01. The van der Waals surface area contributed by atoms with Crippen molar-refractivity contribution in [2.75, 3.05) is 13.2 Å². The molecule has 0 aliphatic rings. The molecule has 6 nitrogen and oxygen atoms in total. The Hall–Kier alpha value is -0.493. The first-order chi connectivity index (χ1) is 8.17. The third-order valence-electron chi connectivity index (χ3n) is 1.77. The maximum Gasteiger partial charge on any atom is 0.442 e. The standard InChI is InChI=1S/C10H23N2O4PSi/c1-7-15-17(14,16-8-2)12(18(4,5)6)11-9-10(3)13/h9H,7-8H2,1-6H3/b11-9+. The normalized spacial score (nSPS) is 13.0. The van der Waals surface area contributed by atoms with Gasteiger partial charge in [-0.3, -0.25) is 13.8 Å². The molecule has 0 unspecified atom stereocenters. The summed E-state index contributed by atoms with van der Waals surface area (Å²) in [5.74, 6) is -0.210. The van der Waals surface area contributed by atoms with Crippen molar-refractivity contribution in [3.05, 3.63) is 0 Å². The lowest BCUT2D eigenvalue weighted by Gasteiger charge is -2.35. The molecule has 0 aromatic rings. The molecule has 106 valence electrons. The van der Waals surface area contributed by atoms with Crippen LogP contribution < -0.4 is 0 Å². The van der Waals surface area contributed by atoms with Gasteiger partial charge in [0.2, 0.25) is 0 Å². The van der Waals surface area contributed by atoms with Crippen molar-refractivity contribution >= 4 is 28.0 Å². The molecule has 0 saturated heterocycles. The first-order valence-electron chi connectivity index (χ1n) is 5.91. The molecule has 0 aliphatic carbocycles. The Bertz CT molecular complexity index is 344. The Morgan fingerprint density at radius 3 is 2.00 bits per heavy atom. The molecule has 0 aromatic heterocycles. The zero-order chi connectivity index (χ0) is 14.4. The second kappa shape index (κ2) is 7.18. The summed E-state index contributed by atoms with van der Waals surface area (Å²) in [6, 6.07) is 0. The highest BCUT2D eigenvalue weighted by Gasteiger charge is 2.41. The van der Waals surface area contributed by atoms with Gasteiger partial charge in [0.15, 0.2) is 14.0 Å². The monoisotopic (exact) mass is 294 g/mol. The number of hydrazone groups is 1. The maximum absolute atomic E-state index is 12.7.